The molecule has 0 bridgehead atoms. The summed E-state index contributed by atoms with van der Waals surface area (Å²) in [5.74, 6) is 0.660. The minimum absolute atomic E-state index is 0.292. The number of aromatic nitrogens is 2. The van der Waals surface area contributed by atoms with Crippen molar-refractivity contribution in [3.63, 3.8) is 0 Å². The first kappa shape index (κ1) is 16.6. The second-order valence-electron chi connectivity index (χ2n) is 5.58. The molecule has 0 saturated carbocycles. The average molecular weight is 357 g/mol. The summed E-state index contributed by atoms with van der Waals surface area (Å²) in [6.45, 7) is 6.94. The van der Waals surface area contributed by atoms with Crippen LogP contribution in [0.3, 0.4) is 0 Å². The summed E-state index contributed by atoms with van der Waals surface area (Å²) in [5.41, 5.74) is 0. The van der Waals surface area contributed by atoms with Crippen molar-refractivity contribution in [2.45, 2.75) is 23.8 Å². The molecule has 23 heavy (non-hydrogen) atoms. The highest BCUT2D eigenvalue weighted by Crippen LogP contribution is 2.39. The molecular formula is C13H19N5O3S2. The number of nitrogens with zero attached hydrogens (tertiary/aromatic N) is 5. The van der Waals surface area contributed by atoms with Crippen LogP contribution in [0.4, 0.5) is 4.79 Å². The molecule has 1 amide bonds. The van der Waals surface area contributed by atoms with Gasteiger partial charge in [0.2, 0.25) is 0 Å². The van der Waals surface area contributed by atoms with Crippen molar-refractivity contribution in [1.82, 2.24) is 18.2 Å². The Kier molecular flexibility index (Phi) is 4.85. The first-order chi connectivity index (χ1) is 11.0. The van der Waals surface area contributed by atoms with E-state index in [4.69, 9.17) is 9.57 Å². The van der Waals surface area contributed by atoms with E-state index in [9.17, 15) is 4.79 Å². The zero-order valence-electron chi connectivity index (χ0n) is 13.3. The Morgan fingerprint density at radius 2 is 2.26 bits per heavy atom. The molecule has 0 N–H and O–H groups in total. The predicted octanol–water partition coefficient (Wildman–Crippen LogP) is 1.89. The number of ether oxygens (including phenoxy) is 1. The lowest BCUT2D eigenvalue weighted by Crippen LogP contribution is -2.35. The van der Waals surface area contributed by atoms with Gasteiger partial charge in [-0.05, 0) is 13.8 Å². The smallest absolute Gasteiger partial charge is 0.379 e. The Bertz CT molecular complexity index is 613. The van der Waals surface area contributed by atoms with Crippen molar-refractivity contribution in [2.24, 2.45) is 5.16 Å². The van der Waals surface area contributed by atoms with Crippen molar-refractivity contribution in [3.8, 4) is 0 Å². The second kappa shape index (κ2) is 6.71. The summed E-state index contributed by atoms with van der Waals surface area (Å²) in [6, 6.07) is 0. The van der Waals surface area contributed by atoms with E-state index in [1.54, 1.807) is 25.0 Å². The third kappa shape index (κ3) is 3.65. The van der Waals surface area contributed by atoms with Gasteiger partial charge in [-0.15, -0.1) is 0 Å². The van der Waals surface area contributed by atoms with Crippen LogP contribution < -0.4 is 0 Å². The number of thioether (sulfide) groups is 1. The highest BCUT2D eigenvalue weighted by Gasteiger charge is 2.38. The molecule has 3 rings (SSSR count). The van der Waals surface area contributed by atoms with Gasteiger partial charge in [0, 0.05) is 44.7 Å². The van der Waals surface area contributed by atoms with E-state index in [-0.39, 0.29) is 4.75 Å². The molecule has 1 saturated heterocycles. The molecule has 0 atom stereocenters. The van der Waals surface area contributed by atoms with Crippen LogP contribution in [0.5, 0.6) is 0 Å². The number of rotatable bonds is 3. The molecule has 3 heterocycles. The predicted molar refractivity (Wildman–Crippen MR) is 89.2 cm³/mol. The number of morpholine rings is 1. The molecule has 1 aromatic heterocycles. The lowest BCUT2D eigenvalue weighted by Gasteiger charge is -2.27. The number of carbonyl (C=O) groups is 1. The van der Waals surface area contributed by atoms with Gasteiger partial charge >= 0.3 is 6.09 Å². The van der Waals surface area contributed by atoms with Gasteiger partial charge in [0.25, 0.3) is 0 Å². The number of hydrogen-bond donors (Lipinski definition) is 0. The van der Waals surface area contributed by atoms with E-state index >= 15 is 0 Å². The van der Waals surface area contributed by atoms with Gasteiger partial charge in [-0.1, -0.05) is 16.9 Å². The third-order valence-corrected chi connectivity index (χ3v) is 5.56. The van der Waals surface area contributed by atoms with Crippen molar-refractivity contribution >= 4 is 35.8 Å². The fourth-order valence-corrected chi connectivity index (χ4v) is 4.02. The maximum Gasteiger partial charge on any atom is 0.446 e. The molecule has 1 aromatic rings. The van der Waals surface area contributed by atoms with E-state index in [0.717, 1.165) is 18.2 Å². The molecule has 8 nitrogen and oxygen atoms in total. The summed E-state index contributed by atoms with van der Waals surface area (Å²) in [6.07, 6.45) is 3.01. The van der Waals surface area contributed by atoms with Crippen LogP contribution in [-0.4, -0.2) is 68.2 Å². The summed E-state index contributed by atoms with van der Waals surface area (Å²) in [5, 5.41) is 4.92. The lowest BCUT2D eigenvalue weighted by molar-refractivity contribution is 0.0753. The summed E-state index contributed by atoms with van der Waals surface area (Å²) in [7, 11) is 1.67. The van der Waals surface area contributed by atoms with Gasteiger partial charge in [-0.3, -0.25) is 9.40 Å². The van der Waals surface area contributed by atoms with E-state index in [1.807, 2.05) is 24.6 Å². The number of imidazole rings is 1. The molecule has 2 aliphatic heterocycles. The van der Waals surface area contributed by atoms with E-state index in [1.165, 1.54) is 16.4 Å². The first-order valence-corrected chi connectivity index (χ1v) is 8.79. The molecule has 10 heteroatoms. The summed E-state index contributed by atoms with van der Waals surface area (Å²) < 4.78 is 10.3. The Morgan fingerprint density at radius 1 is 1.52 bits per heavy atom. The number of fused-ring (bicyclic) bond motifs is 1. The highest BCUT2D eigenvalue weighted by molar-refractivity contribution is 8.01. The average Bonchev–Trinajstić information content (AvgIpc) is 3.03. The molecule has 0 unspecified atom stereocenters. The van der Waals surface area contributed by atoms with Crippen LogP contribution in [0, 0.1) is 0 Å². The van der Waals surface area contributed by atoms with Crippen LogP contribution in [0.2, 0.25) is 0 Å². The standard InChI is InChI=1S/C13H19N5O3S2/c1-13(2)10(18-5-4-14-11(18)22-13)15-21-12(19)16(3)23-17-6-8-20-9-7-17/h4-5H,6-9H2,1-3H3. The quantitative estimate of drug-likeness (QED) is 0.465. The van der Waals surface area contributed by atoms with Gasteiger partial charge < -0.3 is 4.74 Å². The molecule has 0 aliphatic carbocycles. The van der Waals surface area contributed by atoms with Crippen LogP contribution in [0.25, 0.3) is 0 Å². The molecule has 126 valence electrons. The zero-order valence-corrected chi connectivity index (χ0v) is 14.9. The van der Waals surface area contributed by atoms with Crippen molar-refractivity contribution in [3.05, 3.63) is 12.4 Å². The van der Waals surface area contributed by atoms with Crippen LogP contribution in [-0.2, 0) is 9.57 Å². The normalized spacial score (nSPS) is 22.1. The zero-order chi connectivity index (χ0) is 16.4. The number of amides is 1. The molecular weight excluding hydrogens is 338 g/mol. The SMILES string of the molecule is CN(SN1CCOCC1)C(=O)ON=C1n2ccnc2SC1(C)C. The number of oxime groups is 1. The van der Waals surface area contributed by atoms with Gasteiger partial charge in [-0.25, -0.2) is 18.4 Å². The maximum absolute atomic E-state index is 12.1. The van der Waals surface area contributed by atoms with E-state index < -0.39 is 6.09 Å². The molecule has 2 aliphatic rings. The maximum atomic E-state index is 12.1. The van der Waals surface area contributed by atoms with Gasteiger partial charge in [0.05, 0.1) is 18.0 Å². The van der Waals surface area contributed by atoms with Crippen molar-refractivity contribution < 1.29 is 14.4 Å². The minimum atomic E-state index is -0.511. The Labute approximate surface area is 143 Å². The summed E-state index contributed by atoms with van der Waals surface area (Å²) in [4.78, 5) is 21.5. The first-order valence-electron chi connectivity index (χ1n) is 7.24. The largest absolute Gasteiger partial charge is 0.446 e. The van der Waals surface area contributed by atoms with Crippen molar-refractivity contribution in [1.29, 1.82) is 0 Å². The molecule has 0 spiro atoms. The Balaban J connectivity index is 1.61. The molecule has 1 fully saturated rings. The van der Waals surface area contributed by atoms with Crippen LogP contribution in [0.1, 0.15) is 13.8 Å². The second-order valence-corrected chi connectivity index (χ2v) is 8.40. The lowest BCUT2D eigenvalue weighted by atomic mass is 10.2. The minimum Gasteiger partial charge on any atom is -0.379 e. The topological polar surface area (TPSA) is 72.2 Å². The van der Waals surface area contributed by atoms with Crippen LogP contribution in [0.15, 0.2) is 22.7 Å². The Hall–Kier alpha value is -1.23. The van der Waals surface area contributed by atoms with Gasteiger partial charge in [0.15, 0.2) is 11.0 Å². The molecule has 0 radical (unpaired) electrons. The van der Waals surface area contributed by atoms with E-state index in [0.29, 0.717) is 19.0 Å². The third-order valence-electron chi connectivity index (χ3n) is 3.40. The van der Waals surface area contributed by atoms with Crippen LogP contribution >= 0.6 is 23.9 Å². The highest BCUT2D eigenvalue weighted by atomic mass is 32.2. The fourth-order valence-electron chi connectivity index (χ4n) is 2.22. The van der Waals surface area contributed by atoms with Gasteiger partial charge in [-0.2, -0.15) is 0 Å². The Morgan fingerprint density at radius 3 is 3.00 bits per heavy atom. The van der Waals surface area contributed by atoms with E-state index in [2.05, 4.69) is 14.4 Å². The summed E-state index contributed by atoms with van der Waals surface area (Å²) >= 11 is 2.90. The number of carbonyl (C=O) groups excluding carboxylic acids is 1. The van der Waals surface area contributed by atoms with Gasteiger partial charge in [0.1, 0.15) is 0 Å². The monoisotopic (exact) mass is 357 g/mol. The van der Waals surface area contributed by atoms with Crippen molar-refractivity contribution in [2.75, 3.05) is 33.4 Å². The number of hydrogen-bond acceptors (Lipinski definition) is 8. The molecule has 0 aromatic carbocycles. The fraction of sp³-hybridized carbons (Fsp3) is 0.615.